The van der Waals surface area contributed by atoms with E-state index in [1.165, 1.54) is 6.42 Å². The molecule has 1 aromatic rings. The maximum atomic E-state index is 12.2. The van der Waals surface area contributed by atoms with Gasteiger partial charge in [0.15, 0.2) is 0 Å². The third-order valence-electron chi connectivity index (χ3n) is 3.10. The van der Waals surface area contributed by atoms with E-state index in [0.717, 1.165) is 23.3 Å². The highest BCUT2D eigenvalue weighted by atomic mass is 79.9. The molecule has 2 unspecified atom stereocenters. The second kappa shape index (κ2) is 5.91. The van der Waals surface area contributed by atoms with Crippen molar-refractivity contribution in [1.29, 1.82) is 0 Å². The van der Waals surface area contributed by atoms with E-state index in [0.29, 0.717) is 4.83 Å². The Morgan fingerprint density at radius 2 is 2.18 bits per heavy atom. The molecule has 0 spiro atoms. The van der Waals surface area contributed by atoms with Crippen LogP contribution in [0.3, 0.4) is 0 Å². The van der Waals surface area contributed by atoms with E-state index in [1.54, 1.807) is 11.8 Å². The molecule has 17 heavy (non-hydrogen) atoms. The number of amides is 1. The Bertz CT molecular complexity index is 410. The molecule has 4 heteroatoms. The van der Waals surface area contributed by atoms with Crippen LogP contribution in [0.1, 0.15) is 29.6 Å². The number of carbonyl (C=O) groups excluding carboxylic acids is 1. The number of thioether (sulfide) groups is 1. The summed E-state index contributed by atoms with van der Waals surface area (Å²) in [4.78, 5) is 13.6. The maximum Gasteiger partial charge on any atom is 0.252 e. The van der Waals surface area contributed by atoms with Crippen molar-refractivity contribution >= 4 is 33.6 Å². The molecule has 0 bridgehead atoms. The summed E-state index contributed by atoms with van der Waals surface area (Å²) in [6, 6.07) is 8.02. The first-order chi connectivity index (χ1) is 8.22. The predicted octanol–water partition coefficient (Wildman–Crippen LogP) is 3.45. The molecular weight excluding hydrogens is 298 g/mol. The molecule has 1 aliphatic carbocycles. The van der Waals surface area contributed by atoms with Gasteiger partial charge >= 0.3 is 0 Å². The quantitative estimate of drug-likeness (QED) is 0.684. The lowest BCUT2D eigenvalue weighted by molar-refractivity contribution is 0.0936. The van der Waals surface area contributed by atoms with Crippen LogP contribution in [-0.4, -0.2) is 23.0 Å². The van der Waals surface area contributed by atoms with Crippen LogP contribution >= 0.6 is 27.7 Å². The van der Waals surface area contributed by atoms with Crippen molar-refractivity contribution in [3.63, 3.8) is 0 Å². The summed E-state index contributed by atoms with van der Waals surface area (Å²) < 4.78 is 0. The van der Waals surface area contributed by atoms with E-state index in [9.17, 15) is 4.79 Å². The molecule has 0 saturated heterocycles. The van der Waals surface area contributed by atoms with Gasteiger partial charge in [0.2, 0.25) is 0 Å². The number of carbonyl (C=O) groups is 1. The van der Waals surface area contributed by atoms with Crippen molar-refractivity contribution in [2.45, 2.75) is 35.0 Å². The lowest BCUT2D eigenvalue weighted by Crippen LogP contribution is -2.37. The van der Waals surface area contributed by atoms with Gasteiger partial charge in [0.25, 0.3) is 5.91 Å². The topological polar surface area (TPSA) is 29.1 Å². The molecule has 0 aromatic heterocycles. The van der Waals surface area contributed by atoms with Crippen LogP contribution in [0.25, 0.3) is 0 Å². The Kier molecular flexibility index (Phi) is 4.51. The first kappa shape index (κ1) is 13.0. The van der Waals surface area contributed by atoms with Crippen molar-refractivity contribution in [2.24, 2.45) is 0 Å². The van der Waals surface area contributed by atoms with E-state index < -0.39 is 0 Å². The second-order valence-electron chi connectivity index (χ2n) is 4.23. The second-order valence-corrected chi connectivity index (χ2v) is 6.25. The van der Waals surface area contributed by atoms with Crippen LogP contribution in [0, 0.1) is 0 Å². The molecule has 1 amide bonds. The van der Waals surface area contributed by atoms with E-state index in [4.69, 9.17) is 0 Å². The average Bonchev–Trinajstić information content (AvgIpc) is 2.75. The number of hydrogen-bond donors (Lipinski definition) is 1. The van der Waals surface area contributed by atoms with Gasteiger partial charge in [0.05, 0.1) is 5.56 Å². The fraction of sp³-hybridized carbons (Fsp3) is 0.462. The van der Waals surface area contributed by atoms with Gasteiger partial charge in [0, 0.05) is 15.8 Å². The van der Waals surface area contributed by atoms with Gasteiger partial charge in [-0.25, -0.2) is 0 Å². The van der Waals surface area contributed by atoms with E-state index >= 15 is 0 Å². The van der Waals surface area contributed by atoms with Gasteiger partial charge < -0.3 is 5.32 Å². The van der Waals surface area contributed by atoms with Gasteiger partial charge in [-0.1, -0.05) is 34.5 Å². The fourth-order valence-electron chi connectivity index (χ4n) is 2.16. The lowest BCUT2D eigenvalue weighted by atomic mass is 10.2. The fourth-order valence-corrected chi connectivity index (χ4v) is 3.47. The van der Waals surface area contributed by atoms with Gasteiger partial charge in [-0.2, -0.15) is 0 Å². The molecule has 0 aliphatic heterocycles. The summed E-state index contributed by atoms with van der Waals surface area (Å²) in [5, 5.41) is 3.12. The average molecular weight is 314 g/mol. The van der Waals surface area contributed by atoms with Crippen molar-refractivity contribution in [2.75, 3.05) is 6.26 Å². The first-order valence-corrected chi connectivity index (χ1v) is 7.94. The van der Waals surface area contributed by atoms with Crippen molar-refractivity contribution in [3.05, 3.63) is 29.8 Å². The highest BCUT2D eigenvalue weighted by Crippen LogP contribution is 2.26. The molecule has 1 aliphatic rings. The summed E-state index contributed by atoms with van der Waals surface area (Å²) >= 11 is 5.23. The number of halogens is 1. The Morgan fingerprint density at radius 3 is 2.82 bits per heavy atom. The monoisotopic (exact) mass is 313 g/mol. The van der Waals surface area contributed by atoms with E-state index in [1.807, 2.05) is 30.5 Å². The van der Waals surface area contributed by atoms with Crippen LogP contribution in [0.5, 0.6) is 0 Å². The first-order valence-electron chi connectivity index (χ1n) is 5.80. The third-order valence-corrected chi connectivity index (χ3v) is 4.99. The van der Waals surface area contributed by atoms with Crippen LogP contribution in [0.15, 0.2) is 29.2 Å². The Morgan fingerprint density at radius 1 is 1.41 bits per heavy atom. The molecule has 0 radical (unpaired) electrons. The zero-order chi connectivity index (χ0) is 12.3. The number of rotatable bonds is 3. The van der Waals surface area contributed by atoms with Crippen LogP contribution in [-0.2, 0) is 0 Å². The minimum Gasteiger partial charge on any atom is -0.348 e. The summed E-state index contributed by atoms with van der Waals surface area (Å²) in [6.07, 6.45) is 5.40. The minimum absolute atomic E-state index is 0.0475. The standard InChI is InChI=1S/C13H16BrNOS/c1-17-12-8-3-2-5-9(12)13(16)15-11-7-4-6-10(11)14/h2-3,5,8,10-11H,4,6-7H2,1H3,(H,15,16). The molecule has 1 saturated carbocycles. The SMILES string of the molecule is CSc1ccccc1C(=O)NC1CCCC1Br. The van der Waals surface area contributed by atoms with E-state index in [-0.39, 0.29) is 11.9 Å². The molecule has 2 nitrogen and oxygen atoms in total. The summed E-state index contributed by atoms with van der Waals surface area (Å²) in [5.74, 6) is 0.0475. The Hall–Kier alpha value is -0.480. The number of hydrogen-bond acceptors (Lipinski definition) is 2. The number of benzene rings is 1. The predicted molar refractivity (Wildman–Crippen MR) is 76.0 cm³/mol. The highest BCUT2D eigenvalue weighted by molar-refractivity contribution is 9.09. The Balaban J connectivity index is 2.09. The van der Waals surface area contributed by atoms with Gasteiger partial charge in [-0.15, -0.1) is 11.8 Å². The third kappa shape index (κ3) is 3.05. The molecule has 1 fully saturated rings. The van der Waals surface area contributed by atoms with Crippen molar-refractivity contribution in [3.8, 4) is 0 Å². The highest BCUT2D eigenvalue weighted by Gasteiger charge is 2.26. The molecular formula is C13H16BrNOS. The zero-order valence-corrected chi connectivity index (χ0v) is 12.2. The Labute approximate surface area is 115 Å². The molecule has 1 N–H and O–H groups in total. The van der Waals surface area contributed by atoms with E-state index in [2.05, 4.69) is 21.2 Å². The number of nitrogens with one attached hydrogen (secondary N) is 1. The maximum absolute atomic E-state index is 12.2. The summed E-state index contributed by atoms with van der Waals surface area (Å²) in [7, 11) is 0. The van der Waals surface area contributed by atoms with Crippen molar-refractivity contribution < 1.29 is 4.79 Å². The largest absolute Gasteiger partial charge is 0.348 e. The molecule has 2 rings (SSSR count). The lowest BCUT2D eigenvalue weighted by Gasteiger charge is -2.17. The minimum atomic E-state index is 0.0475. The zero-order valence-electron chi connectivity index (χ0n) is 9.78. The van der Waals surface area contributed by atoms with Crippen LogP contribution < -0.4 is 5.32 Å². The van der Waals surface area contributed by atoms with Gasteiger partial charge in [-0.3, -0.25) is 4.79 Å². The molecule has 1 aromatic carbocycles. The van der Waals surface area contributed by atoms with Crippen LogP contribution in [0.4, 0.5) is 0 Å². The normalized spacial score (nSPS) is 23.6. The van der Waals surface area contributed by atoms with Crippen molar-refractivity contribution in [1.82, 2.24) is 5.32 Å². The smallest absolute Gasteiger partial charge is 0.252 e. The number of alkyl halides is 1. The summed E-state index contributed by atoms with van der Waals surface area (Å²) in [6.45, 7) is 0. The van der Waals surface area contributed by atoms with Crippen LogP contribution in [0.2, 0.25) is 0 Å². The van der Waals surface area contributed by atoms with Gasteiger partial charge in [0.1, 0.15) is 0 Å². The molecule has 0 heterocycles. The summed E-state index contributed by atoms with van der Waals surface area (Å²) in [5.41, 5.74) is 0.784. The van der Waals surface area contributed by atoms with Gasteiger partial charge in [-0.05, 0) is 31.2 Å². The molecule has 2 atom stereocenters. The molecule has 92 valence electrons.